The van der Waals surface area contributed by atoms with E-state index in [1.807, 2.05) is 0 Å². The molecule has 18 heavy (non-hydrogen) atoms. The normalized spacial score (nSPS) is 18.2. The predicted octanol–water partition coefficient (Wildman–Crippen LogP) is 2.38. The predicted molar refractivity (Wildman–Crippen MR) is 68.9 cm³/mol. The molecule has 1 aromatic rings. The summed E-state index contributed by atoms with van der Waals surface area (Å²) in [5.41, 5.74) is 1.40. The van der Waals surface area contributed by atoms with E-state index in [4.69, 9.17) is 9.47 Å². The number of carbonyl (C=O) groups is 2. The molecule has 1 aromatic carbocycles. The van der Waals surface area contributed by atoms with Crippen LogP contribution >= 0.6 is 15.9 Å². The third-order valence-electron chi connectivity index (χ3n) is 3.13. The zero-order chi connectivity index (χ0) is 13.3. The number of Topliss-reactive ketones (excluding diaryl/α,β-unsaturated/α-hetero) is 1. The Morgan fingerprint density at radius 1 is 1.33 bits per heavy atom. The summed E-state index contributed by atoms with van der Waals surface area (Å²) in [5, 5.41) is 0. The Kier molecular flexibility index (Phi) is 3.71. The van der Waals surface area contributed by atoms with Gasteiger partial charge in [-0.15, -0.1) is 0 Å². The first-order valence-electron chi connectivity index (χ1n) is 5.54. The number of ether oxygens (including phenoxy) is 2. The highest BCUT2D eigenvalue weighted by molar-refractivity contribution is 9.10. The summed E-state index contributed by atoms with van der Waals surface area (Å²) in [7, 11) is 2.89. The number of rotatable bonds is 2. The van der Waals surface area contributed by atoms with Gasteiger partial charge in [0, 0.05) is 22.0 Å². The second-order valence-electron chi connectivity index (χ2n) is 4.15. The summed E-state index contributed by atoms with van der Waals surface area (Å²) >= 11 is 3.37. The van der Waals surface area contributed by atoms with E-state index in [0.29, 0.717) is 17.7 Å². The van der Waals surface area contributed by atoms with Gasteiger partial charge in [0.05, 0.1) is 20.1 Å². The van der Waals surface area contributed by atoms with E-state index in [1.54, 1.807) is 19.2 Å². The third-order valence-corrected chi connectivity index (χ3v) is 3.80. The van der Waals surface area contributed by atoms with E-state index < -0.39 is 5.92 Å². The van der Waals surface area contributed by atoms with Gasteiger partial charge in [-0.25, -0.2) is 0 Å². The van der Waals surface area contributed by atoms with Crippen molar-refractivity contribution in [2.45, 2.75) is 12.8 Å². The van der Waals surface area contributed by atoms with E-state index in [1.165, 1.54) is 7.11 Å². The molecule has 0 amide bonds. The van der Waals surface area contributed by atoms with Gasteiger partial charge in [0.1, 0.15) is 5.75 Å². The Morgan fingerprint density at radius 2 is 2.06 bits per heavy atom. The van der Waals surface area contributed by atoms with E-state index in [-0.39, 0.29) is 18.2 Å². The lowest BCUT2D eigenvalue weighted by molar-refractivity contribution is -0.145. The molecule has 0 radical (unpaired) electrons. The van der Waals surface area contributed by atoms with Gasteiger partial charge in [0.15, 0.2) is 5.78 Å². The molecule has 2 rings (SSSR count). The zero-order valence-electron chi connectivity index (χ0n) is 10.2. The minimum absolute atomic E-state index is 0.0579. The number of hydrogen-bond donors (Lipinski definition) is 0. The molecule has 1 unspecified atom stereocenters. The summed E-state index contributed by atoms with van der Waals surface area (Å²) in [5.74, 6) is -0.193. The van der Waals surface area contributed by atoms with Crippen LogP contribution in [-0.4, -0.2) is 26.0 Å². The zero-order valence-corrected chi connectivity index (χ0v) is 11.7. The average Bonchev–Trinajstić information content (AvgIpc) is 2.37. The maximum Gasteiger partial charge on any atom is 0.309 e. The molecule has 0 bridgehead atoms. The lowest BCUT2D eigenvalue weighted by atomic mass is 9.82. The Morgan fingerprint density at radius 3 is 2.67 bits per heavy atom. The fraction of sp³-hybridized carbons (Fsp3) is 0.385. The highest BCUT2D eigenvalue weighted by Crippen LogP contribution is 2.36. The van der Waals surface area contributed by atoms with Crippen LogP contribution in [0.25, 0.3) is 0 Å². The molecular weight excluding hydrogens is 300 g/mol. The molecular formula is C13H13BrO4. The first-order valence-corrected chi connectivity index (χ1v) is 6.34. The van der Waals surface area contributed by atoms with Crippen molar-refractivity contribution in [1.29, 1.82) is 0 Å². The van der Waals surface area contributed by atoms with E-state index in [2.05, 4.69) is 15.9 Å². The van der Waals surface area contributed by atoms with Gasteiger partial charge >= 0.3 is 5.97 Å². The summed E-state index contributed by atoms with van der Waals surface area (Å²) in [6.45, 7) is 0. The van der Waals surface area contributed by atoms with Gasteiger partial charge < -0.3 is 9.47 Å². The quantitative estimate of drug-likeness (QED) is 0.787. The smallest absolute Gasteiger partial charge is 0.309 e. The lowest BCUT2D eigenvalue weighted by Gasteiger charge is -2.24. The first-order chi connectivity index (χ1) is 8.58. The van der Waals surface area contributed by atoms with Crippen LogP contribution in [-0.2, 0) is 16.0 Å². The molecule has 0 spiro atoms. The van der Waals surface area contributed by atoms with E-state index in [9.17, 15) is 9.59 Å². The molecule has 4 nitrogen and oxygen atoms in total. The number of fused-ring (bicyclic) bond motifs is 1. The van der Waals surface area contributed by atoms with Crippen molar-refractivity contribution >= 4 is 27.7 Å². The Hall–Kier alpha value is -1.36. The van der Waals surface area contributed by atoms with Gasteiger partial charge in [0.25, 0.3) is 0 Å². The maximum atomic E-state index is 12.1. The standard InChI is InChI=1S/C13H13BrO4/c1-17-11-4-3-9(14)12-8(11)5-7(6-10(12)15)13(16)18-2/h3-4,7H,5-6H2,1-2H3. The van der Waals surface area contributed by atoms with Crippen LogP contribution in [0.5, 0.6) is 5.75 Å². The number of esters is 1. The number of benzene rings is 1. The molecule has 1 aliphatic carbocycles. The molecule has 0 aliphatic heterocycles. The fourth-order valence-corrected chi connectivity index (χ4v) is 2.87. The Balaban J connectivity index is 2.48. The van der Waals surface area contributed by atoms with Crippen LogP contribution in [0.3, 0.4) is 0 Å². The van der Waals surface area contributed by atoms with Crippen molar-refractivity contribution in [2.24, 2.45) is 5.92 Å². The highest BCUT2D eigenvalue weighted by atomic mass is 79.9. The van der Waals surface area contributed by atoms with Crippen molar-refractivity contribution in [3.8, 4) is 5.75 Å². The van der Waals surface area contributed by atoms with Crippen molar-refractivity contribution in [3.63, 3.8) is 0 Å². The lowest BCUT2D eigenvalue weighted by Crippen LogP contribution is -2.28. The molecule has 1 atom stereocenters. The molecule has 0 saturated heterocycles. The van der Waals surface area contributed by atoms with E-state index in [0.717, 1.165) is 10.0 Å². The third kappa shape index (κ3) is 2.14. The van der Waals surface area contributed by atoms with Gasteiger partial charge in [0.2, 0.25) is 0 Å². The number of carbonyl (C=O) groups excluding carboxylic acids is 2. The molecule has 1 aliphatic rings. The summed E-state index contributed by atoms with van der Waals surface area (Å²) < 4.78 is 10.7. The van der Waals surface area contributed by atoms with Crippen LogP contribution in [0.4, 0.5) is 0 Å². The van der Waals surface area contributed by atoms with Crippen LogP contribution in [0.2, 0.25) is 0 Å². The van der Waals surface area contributed by atoms with Crippen LogP contribution in [0.15, 0.2) is 16.6 Å². The van der Waals surface area contributed by atoms with Crippen molar-refractivity contribution in [2.75, 3.05) is 14.2 Å². The largest absolute Gasteiger partial charge is 0.496 e. The monoisotopic (exact) mass is 312 g/mol. The van der Waals surface area contributed by atoms with Gasteiger partial charge in [-0.1, -0.05) is 15.9 Å². The van der Waals surface area contributed by atoms with Crippen molar-refractivity contribution < 1.29 is 19.1 Å². The summed E-state index contributed by atoms with van der Waals surface area (Å²) in [6, 6.07) is 3.57. The molecule has 0 heterocycles. The van der Waals surface area contributed by atoms with Crippen molar-refractivity contribution in [3.05, 3.63) is 27.7 Å². The fourth-order valence-electron chi connectivity index (χ4n) is 2.27. The summed E-state index contributed by atoms with van der Waals surface area (Å²) in [6.07, 6.45) is 0.655. The minimum Gasteiger partial charge on any atom is -0.496 e. The number of hydrogen-bond acceptors (Lipinski definition) is 4. The van der Waals surface area contributed by atoms with Crippen molar-refractivity contribution in [1.82, 2.24) is 0 Å². The maximum absolute atomic E-state index is 12.1. The topological polar surface area (TPSA) is 52.6 Å². The van der Waals surface area contributed by atoms with Crippen LogP contribution < -0.4 is 4.74 Å². The van der Waals surface area contributed by atoms with Crippen LogP contribution in [0, 0.1) is 5.92 Å². The van der Waals surface area contributed by atoms with Crippen LogP contribution in [0.1, 0.15) is 22.3 Å². The van der Waals surface area contributed by atoms with Gasteiger partial charge in [-0.3, -0.25) is 9.59 Å². The summed E-state index contributed by atoms with van der Waals surface area (Å²) in [4.78, 5) is 23.7. The Bertz CT molecular complexity index is 510. The number of methoxy groups -OCH3 is 2. The molecule has 0 aromatic heterocycles. The molecule has 0 saturated carbocycles. The second kappa shape index (κ2) is 5.10. The second-order valence-corrected chi connectivity index (χ2v) is 5.01. The van der Waals surface area contributed by atoms with E-state index >= 15 is 0 Å². The Labute approximate surface area is 113 Å². The highest BCUT2D eigenvalue weighted by Gasteiger charge is 2.33. The number of ketones is 1. The minimum atomic E-state index is -0.418. The van der Waals surface area contributed by atoms with Gasteiger partial charge in [-0.2, -0.15) is 0 Å². The molecule has 0 fully saturated rings. The average molecular weight is 313 g/mol. The SMILES string of the molecule is COC(=O)C1CC(=O)c2c(Br)ccc(OC)c2C1. The first kappa shape index (κ1) is 13.1. The molecule has 96 valence electrons. The number of halogens is 1. The molecule has 5 heteroatoms. The molecule has 0 N–H and O–H groups in total. The van der Waals surface area contributed by atoms with Gasteiger partial charge in [-0.05, 0) is 18.6 Å².